The first-order chi connectivity index (χ1) is 5.07. The summed E-state index contributed by atoms with van der Waals surface area (Å²) in [6.07, 6.45) is 4.43. The van der Waals surface area contributed by atoms with Gasteiger partial charge in [0.05, 0.1) is 5.41 Å². The van der Waals surface area contributed by atoms with Crippen molar-refractivity contribution in [3.63, 3.8) is 0 Å². The minimum Gasteiger partial charge on any atom is -0.481 e. The van der Waals surface area contributed by atoms with Gasteiger partial charge in [-0.2, -0.15) is 0 Å². The van der Waals surface area contributed by atoms with Gasteiger partial charge < -0.3 is 5.11 Å². The molecule has 1 fully saturated rings. The normalized spacial score (nSPS) is 19.1. The molecule has 0 aliphatic heterocycles. The van der Waals surface area contributed by atoms with Crippen molar-refractivity contribution in [2.45, 2.75) is 33.1 Å². The van der Waals surface area contributed by atoms with Gasteiger partial charge in [-0.1, -0.05) is 11.6 Å². The highest BCUT2D eigenvalue weighted by molar-refractivity contribution is 5.77. The summed E-state index contributed by atoms with van der Waals surface area (Å²) in [6, 6.07) is 0. The Morgan fingerprint density at radius 1 is 1.55 bits per heavy atom. The predicted molar refractivity (Wildman–Crippen MR) is 43.4 cm³/mol. The van der Waals surface area contributed by atoms with E-state index in [-0.39, 0.29) is 5.41 Å². The van der Waals surface area contributed by atoms with Gasteiger partial charge in [0.15, 0.2) is 0 Å². The van der Waals surface area contributed by atoms with Crippen molar-refractivity contribution in [3.05, 3.63) is 11.6 Å². The van der Waals surface area contributed by atoms with E-state index in [9.17, 15) is 4.79 Å². The summed E-state index contributed by atoms with van der Waals surface area (Å²) < 4.78 is 0. The van der Waals surface area contributed by atoms with Crippen LogP contribution in [0.2, 0.25) is 0 Å². The Bertz CT molecular complexity index is 196. The average Bonchev–Trinajstić information content (AvgIpc) is 2.63. The SMILES string of the molecule is CC(C)=CCC1(C(=O)O)CC1. The lowest BCUT2D eigenvalue weighted by Crippen LogP contribution is -2.13. The topological polar surface area (TPSA) is 37.3 Å². The van der Waals surface area contributed by atoms with Gasteiger partial charge in [0.25, 0.3) is 0 Å². The van der Waals surface area contributed by atoms with Gasteiger partial charge in [-0.15, -0.1) is 0 Å². The molecule has 0 saturated heterocycles. The number of carboxylic acids is 1. The Kier molecular flexibility index (Phi) is 2.03. The molecule has 1 aliphatic carbocycles. The van der Waals surface area contributed by atoms with Crippen molar-refractivity contribution >= 4 is 5.97 Å². The summed E-state index contributed by atoms with van der Waals surface area (Å²) in [5, 5.41) is 8.79. The fourth-order valence-electron chi connectivity index (χ4n) is 1.06. The first kappa shape index (κ1) is 8.31. The second-order valence-corrected chi connectivity index (χ2v) is 3.57. The van der Waals surface area contributed by atoms with E-state index in [0.717, 1.165) is 12.8 Å². The van der Waals surface area contributed by atoms with Crippen LogP contribution in [0.5, 0.6) is 0 Å². The monoisotopic (exact) mass is 154 g/mol. The molecule has 0 aromatic carbocycles. The number of rotatable bonds is 3. The van der Waals surface area contributed by atoms with Crippen molar-refractivity contribution in [3.8, 4) is 0 Å². The molecule has 1 saturated carbocycles. The van der Waals surface area contributed by atoms with Gasteiger partial charge in [-0.3, -0.25) is 4.79 Å². The zero-order valence-electron chi connectivity index (χ0n) is 7.05. The van der Waals surface area contributed by atoms with Crippen LogP contribution < -0.4 is 0 Å². The molecular weight excluding hydrogens is 140 g/mol. The Hall–Kier alpha value is -0.790. The molecule has 0 spiro atoms. The molecule has 0 atom stereocenters. The molecular formula is C9H14O2. The number of hydrogen-bond donors (Lipinski definition) is 1. The summed E-state index contributed by atoms with van der Waals surface area (Å²) in [5.41, 5.74) is 0.828. The number of hydrogen-bond acceptors (Lipinski definition) is 1. The van der Waals surface area contributed by atoms with Gasteiger partial charge in [-0.05, 0) is 33.1 Å². The minimum absolute atomic E-state index is 0.378. The summed E-state index contributed by atoms with van der Waals surface area (Å²) >= 11 is 0. The maximum atomic E-state index is 10.7. The maximum Gasteiger partial charge on any atom is 0.309 e. The molecule has 0 amide bonds. The van der Waals surface area contributed by atoms with Crippen molar-refractivity contribution in [2.75, 3.05) is 0 Å². The number of aliphatic carboxylic acids is 1. The first-order valence-electron chi connectivity index (χ1n) is 3.94. The van der Waals surface area contributed by atoms with Gasteiger partial charge in [0.1, 0.15) is 0 Å². The molecule has 1 N–H and O–H groups in total. The predicted octanol–water partition coefficient (Wildman–Crippen LogP) is 2.21. The zero-order valence-corrected chi connectivity index (χ0v) is 7.05. The highest BCUT2D eigenvalue weighted by atomic mass is 16.4. The van der Waals surface area contributed by atoms with Crippen molar-refractivity contribution in [1.82, 2.24) is 0 Å². The van der Waals surface area contributed by atoms with Crippen LogP contribution in [0.15, 0.2) is 11.6 Å². The standard InChI is InChI=1S/C9H14O2/c1-7(2)3-4-9(5-6-9)8(10)11/h3H,4-6H2,1-2H3,(H,10,11). The largest absolute Gasteiger partial charge is 0.481 e. The van der Waals surface area contributed by atoms with Crippen LogP contribution in [0, 0.1) is 5.41 Å². The van der Waals surface area contributed by atoms with Crippen LogP contribution in [-0.2, 0) is 4.79 Å². The molecule has 62 valence electrons. The Labute approximate surface area is 66.9 Å². The smallest absolute Gasteiger partial charge is 0.309 e. The maximum absolute atomic E-state index is 10.7. The van der Waals surface area contributed by atoms with E-state index in [1.165, 1.54) is 5.57 Å². The van der Waals surface area contributed by atoms with Crippen LogP contribution in [0.1, 0.15) is 33.1 Å². The Morgan fingerprint density at radius 2 is 2.09 bits per heavy atom. The van der Waals surface area contributed by atoms with Crippen molar-refractivity contribution in [2.24, 2.45) is 5.41 Å². The number of carbonyl (C=O) groups is 1. The van der Waals surface area contributed by atoms with E-state index in [1.807, 2.05) is 19.9 Å². The molecule has 1 rings (SSSR count). The van der Waals surface area contributed by atoms with Gasteiger partial charge >= 0.3 is 5.97 Å². The average molecular weight is 154 g/mol. The summed E-state index contributed by atoms with van der Waals surface area (Å²) in [7, 11) is 0. The van der Waals surface area contributed by atoms with Crippen LogP contribution in [0.4, 0.5) is 0 Å². The molecule has 0 unspecified atom stereocenters. The van der Waals surface area contributed by atoms with E-state index in [0.29, 0.717) is 6.42 Å². The van der Waals surface area contributed by atoms with Gasteiger partial charge in [0.2, 0.25) is 0 Å². The summed E-state index contributed by atoms with van der Waals surface area (Å²) in [4.78, 5) is 10.7. The number of allylic oxidation sites excluding steroid dienone is 2. The zero-order chi connectivity index (χ0) is 8.48. The van der Waals surface area contributed by atoms with E-state index < -0.39 is 5.97 Å². The molecule has 0 aromatic rings. The van der Waals surface area contributed by atoms with E-state index in [2.05, 4.69) is 0 Å². The summed E-state index contributed by atoms with van der Waals surface area (Å²) in [5.74, 6) is -0.630. The Balaban J connectivity index is 2.49. The Morgan fingerprint density at radius 3 is 2.36 bits per heavy atom. The fraction of sp³-hybridized carbons (Fsp3) is 0.667. The molecule has 0 radical (unpaired) electrons. The molecule has 11 heavy (non-hydrogen) atoms. The quantitative estimate of drug-likeness (QED) is 0.633. The molecule has 1 aliphatic rings. The second-order valence-electron chi connectivity index (χ2n) is 3.57. The van der Waals surface area contributed by atoms with Gasteiger partial charge in [-0.25, -0.2) is 0 Å². The molecule has 0 bridgehead atoms. The lowest BCUT2D eigenvalue weighted by molar-refractivity contribution is -0.143. The van der Waals surface area contributed by atoms with E-state index in [4.69, 9.17) is 5.11 Å². The first-order valence-corrected chi connectivity index (χ1v) is 3.94. The van der Waals surface area contributed by atoms with E-state index in [1.54, 1.807) is 0 Å². The van der Waals surface area contributed by atoms with E-state index >= 15 is 0 Å². The van der Waals surface area contributed by atoms with Crippen molar-refractivity contribution < 1.29 is 9.90 Å². The van der Waals surface area contributed by atoms with Crippen LogP contribution >= 0.6 is 0 Å². The molecule has 0 heterocycles. The van der Waals surface area contributed by atoms with Gasteiger partial charge in [0, 0.05) is 0 Å². The second kappa shape index (κ2) is 2.68. The lowest BCUT2D eigenvalue weighted by atomic mass is 10.0. The highest BCUT2D eigenvalue weighted by Crippen LogP contribution is 2.49. The van der Waals surface area contributed by atoms with Crippen molar-refractivity contribution in [1.29, 1.82) is 0 Å². The summed E-state index contributed by atoms with van der Waals surface area (Å²) in [6.45, 7) is 4.00. The molecule has 2 heteroatoms. The molecule has 0 aromatic heterocycles. The number of carboxylic acid groups (broad SMARTS) is 1. The van der Waals surface area contributed by atoms with Crippen LogP contribution in [0.25, 0.3) is 0 Å². The fourth-order valence-corrected chi connectivity index (χ4v) is 1.06. The van der Waals surface area contributed by atoms with Crippen LogP contribution in [-0.4, -0.2) is 11.1 Å². The minimum atomic E-state index is -0.630. The highest BCUT2D eigenvalue weighted by Gasteiger charge is 2.48. The third-order valence-corrected chi connectivity index (χ3v) is 2.21. The third kappa shape index (κ3) is 1.82. The third-order valence-electron chi connectivity index (χ3n) is 2.21. The lowest BCUT2D eigenvalue weighted by Gasteiger charge is -2.04. The molecule has 2 nitrogen and oxygen atoms in total. The van der Waals surface area contributed by atoms with Crippen LogP contribution in [0.3, 0.4) is 0 Å².